The molecule has 1 aliphatic rings. The number of hydrogen-bond donors (Lipinski definition) is 1. The van der Waals surface area contributed by atoms with Gasteiger partial charge < -0.3 is 10.6 Å². The smallest absolute Gasteiger partial charge is 0.149 e. The first-order chi connectivity index (χ1) is 6.52. The van der Waals surface area contributed by atoms with Gasteiger partial charge >= 0.3 is 0 Å². The molecular formula is C11H15N2O-. The molecule has 1 heterocycles. The van der Waals surface area contributed by atoms with Crippen molar-refractivity contribution in [2.75, 3.05) is 6.54 Å². The van der Waals surface area contributed by atoms with E-state index in [1.54, 1.807) is 0 Å². The number of nitrogens with zero attached hydrogens (tertiary/aromatic N) is 1. The molecule has 3 heteroatoms. The lowest BCUT2D eigenvalue weighted by Crippen LogP contribution is -2.49. The van der Waals surface area contributed by atoms with Gasteiger partial charge in [0.05, 0.1) is 6.54 Å². The molecule has 2 rings (SSSR count). The van der Waals surface area contributed by atoms with Crippen molar-refractivity contribution in [3.05, 3.63) is 42.1 Å². The highest BCUT2D eigenvalue weighted by Gasteiger charge is 2.30. The number of benzene rings is 1. The quantitative estimate of drug-likeness (QED) is 0.419. The maximum Gasteiger partial charge on any atom is 0.149 e. The fraction of sp³-hybridized carbons (Fsp3) is 0.364. The summed E-state index contributed by atoms with van der Waals surface area (Å²) in [6.07, 6.45) is 0. The zero-order chi connectivity index (χ0) is 10.2. The van der Waals surface area contributed by atoms with Crippen molar-refractivity contribution in [2.24, 2.45) is 5.41 Å². The lowest BCUT2D eigenvalue weighted by atomic mass is 9.95. The zero-order valence-corrected chi connectivity index (χ0v) is 8.53. The van der Waals surface area contributed by atoms with Crippen LogP contribution in [0.15, 0.2) is 30.3 Å². The molecule has 1 unspecified atom stereocenters. The summed E-state index contributed by atoms with van der Waals surface area (Å²) in [7, 11) is 0. The summed E-state index contributed by atoms with van der Waals surface area (Å²) in [4.78, 5) is 0. The van der Waals surface area contributed by atoms with Gasteiger partial charge in [-0.2, -0.15) is 0 Å². The van der Waals surface area contributed by atoms with Crippen molar-refractivity contribution < 1.29 is 0 Å². The Balaban J connectivity index is 2.27. The molecule has 14 heavy (non-hydrogen) atoms. The molecule has 1 N–H and O–H groups in total. The number of nitrogens with one attached hydrogen (secondary N) is 1. The van der Waals surface area contributed by atoms with Gasteiger partial charge in [-0.05, 0) is 0 Å². The van der Waals surface area contributed by atoms with Crippen LogP contribution in [0, 0.1) is 17.2 Å². The predicted molar refractivity (Wildman–Crippen MR) is 57.7 cm³/mol. The molecule has 0 aromatic heterocycles. The Hall–Kier alpha value is -0.900. The highest BCUT2D eigenvalue weighted by atomic mass is 16.6. The van der Waals surface area contributed by atoms with E-state index in [0.717, 1.165) is 5.69 Å². The van der Waals surface area contributed by atoms with Crippen molar-refractivity contribution in [3.8, 4) is 0 Å². The normalized spacial score (nSPS) is 30.5. The molecule has 76 valence electrons. The van der Waals surface area contributed by atoms with Crippen LogP contribution in [0.4, 0.5) is 5.69 Å². The topological polar surface area (TPSA) is 35.1 Å². The van der Waals surface area contributed by atoms with E-state index >= 15 is 0 Å². The second-order valence-corrected chi connectivity index (χ2v) is 4.50. The Morgan fingerprint density at radius 3 is 2.50 bits per heavy atom. The fourth-order valence-electron chi connectivity index (χ4n) is 1.78. The third-order valence-electron chi connectivity index (χ3n) is 2.47. The Kier molecular flexibility index (Phi) is 2.10. The molecule has 0 amide bonds. The van der Waals surface area contributed by atoms with Gasteiger partial charge in [0.25, 0.3) is 0 Å². The summed E-state index contributed by atoms with van der Waals surface area (Å²) in [5, 5.41) is 12.3. The molecule has 1 fully saturated rings. The number of hydrogen-bond acceptors (Lipinski definition) is 2. The van der Waals surface area contributed by atoms with E-state index in [-0.39, 0.29) is 5.41 Å². The van der Waals surface area contributed by atoms with Gasteiger partial charge in [-0.3, -0.25) is 4.76 Å². The molecule has 0 spiro atoms. The summed E-state index contributed by atoms with van der Waals surface area (Å²) >= 11 is 0. The largest absolute Gasteiger partial charge is 0.609 e. The van der Waals surface area contributed by atoms with Crippen molar-refractivity contribution in [2.45, 2.75) is 13.8 Å². The van der Waals surface area contributed by atoms with Crippen LogP contribution in [0.5, 0.6) is 0 Å². The number of quaternary nitrogens is 1. The average molecular weight is 191 g/mol. The van der Waals surface area contributed by atoms with E-state index < -0.39 is 4.76 Å². The molecule has 0 radical (unpaired) electrons. The maximum absolute atomic E-state index is 12.3. The highest BCUT2D eigenvalue weighted by Crippen LogP contribution is 2.33. The van der Waals surface area contributed by atoms with Crippen LogP contribution in [0.25, 0.3) is 0 Å². The van der Waals surface area contributed by atoms with Gasteiger partial charge in [0, 0.05) is 12.1 Å². The highest BCUT2D eigenvalue weighted by molar-refractivity contribution is 5.43. The Morgan fingerprint density at radius 2 is 2.00 bits per heavy atom. The Morgan fingerprint density at radius 1 is 1.36 bits per heavy atom. The van der Waals surface area contributed by atoms with Crippen LogP contribution in [0.1, 0.15) is 13.8 Å². The Labute approximate surface area is 84.5 Å². The van der Waals surface area contributed by atoms with E-state index in [2.05, 4.69) is 19.3 Å². The van der Waals surface area contributed by atoms with E-state index in [1.165, 1.54) is 0 Å². The maximum atomic E-state index is 12.3. The lowest BCUT2D eigenvalue weighted by molar-refractivity contribution is 0.327. The van der Waals surface area contributed by atoms with Crippen molar-refractivity contribution >= 4 is 5.69 Å². The molecular weight excluding hydrogens is 176 g/mol. The first-order valence-corrected chi connectivity index (χ1v) is 4.79. The van der Waals surface area contributed by atoms with E-state index in [1.807, 2.05) is 36.9 Å². The lowest BCUT2D eigenvalue weighted by Gasteiger charge is -2.41. The van der Waals surface area contributed by atoms with Crippen LogP contribution in [0.3, 0.4) is 0 Å². The van der Waals surface area contributed by atoms with Crippen molar-refractivity contribution in [1.82, 2.24) is 10.2 Å². The van der Waals surface area contributed by atoms with Crippen LogP contribution < -0.4 is 10.2 Å². The van der Waals surface area contributed by atoms with Crippen LogP contribution in [0.2, 0.25) is 0 Å². The van der Waals surface area contributed by atoms with Gasteiger partial charge in [0.2, 0.25) is 0 Å². The standard InChI is InChI=1S/C11H15N2O/c1-11(2)8-12-13(14,9-11)10-6-4-3-5-7-10/h3-8,12H,9H2,1-2H3/q-1. The van der Waals surface area contributed by atoms with Gasteiger partial charge in [-0.1, -0.05) is 37.5 Å². The van der Waals surface area contributed by atoms with Crippen LogP contribution in [-0.4, -0.2) is 6.54 Å². The molecule has 1 atom stereocenters. The minimum Gasteiger partial charge on any atom is -0.609 e. The summed E-state index contributed by atoms with van der Waals surface area (Å²) < 4.78 is -0.451. The van der Waals surface area contributed by atoms with Gasteiger partial charge in [0.1, 0.15) is 5.69 Å². The Bertz CT molecular complexity index is 323. The predicted octanol–water partition coefficient (Wildman–Crippen LogP) is 2.20. The fourth-order valence-corrected chi connectivity index (χ4v) is 1.78. The zero-order valence-electron chi connectivity index (χ0n) is 8.53. The summed E-state index contributed by atoms with van der Waals surface area (Å²) in [6.45, 7) is 6.53. The first kappa shape index (κ1) is 9.65. The first-order valence-electron chi connectivity index (χ1n) is 4.79. The minimum absolute atomic E-state index is 0.0441. The monoisotopic (exact) mass is 191 g/mol. The summed E-state index contributed by atoms with van der Waals surface area (Å²) in [5.41, 5.74) is 3.61. The molecule has 0 aliphatic carbocycles. The second-order valence-electron chi connectivity index (χ2n) is 4.50. The van der Waals surface area contributed by atoms with Crippen molar-refractivity contribution in [1.29, 1.82) is 0 Å². The third-order valence-corrected chi connectivity index (χ3v) is 2.47. The molecule has 1 aromatic rings. The molecule has 1 aromatic carbocycles. The molecule has 0 bridgehead atoms. The second kappa shape index (κ2) is 3.05. The van der Waals surface area contributed by atoms with E-state index in [9.17, 15) is 5.21 Å². The van der Waals surface area contributed by atoms with Gasteiger partial charge in [-0.25, -0.2) is 6.54 Å². The summed E-state index contributed by atoms with van der Waals surface area (Å²) in [6, 6.07) is 9.41. The van der Waals surface area contributed by atoms with E-state index in [0.29, 0.717) is 6.54 Å². The number of para-hydroxylation sites is 1. The van der Waals surface area contributed by atoms with Gasteiger partial charge in [0.15, 0.2) is 0 Å². The minimum atomic E-state index is -0.451. The average Bonchev–Trinajstić information content (AvgIpc) is 2.44. The summed E-state index contributed by atoms with van der Waals surface area (Å²) in [5.74, 6) is 0. The third kappa shape index (κ3) is 1.66. The number of hydroxylamine groups is 1. The molecule has 0 saturated carbocycles. The van der Waals surface area contributed by atoms with Crippen LogP contribution in [-0.2, 0) is 0 Å². The van der Waals surface area contributed by atoms with Gasteiger partial charge in [-0.15, -0.1) is 0 Å². The molecule has 1 saturated heterocycles. The van der Waals surface area contributed by atoms with Crippen LogP contribution >= 0.6 is 0 Å². The SMILES string of the molecule is CC1(C)[CH-]N[N+]([O-])(c2ccccc2)C1. The molecule has 3 nitrogen and oxygen atoms in total. The molecule has 1 aliphatic heterocycles. The van der Waals surface area contributed by atoms with Crippen molar-refractivity contribution in [3.63, 3.8) is 0 Å². The number of rotatable bonds is 1. The van der Waals surface area contributed by atoms with E-state index in [4.69, 9.17) is 0 Å².